The molecule has 0 aliphatic heterocycles. The molecule has 4 aromatic rings. The number of phenols is 1. The van der Waals surface area contributed by atoms with Crippen molar-refractivity contribution >= 4 is 22.6 Å². The van der Waals surface area contributed by atoms with Crippen LogP contribution >= 0.6 is 0 Å². The molecule has 4 rings (SSSR count). The molecule has 0 radical (unpaired) electrons. The smallest absolute Gasteiger partial charge is 0.263 e. The van der Waals surface area contributed by atoms with Gasteiger partial charge >= 0.3 is 0 Å². The zero-order valence-corrected chi connectivity index (χ0v) is 12.0. The molecule has 0 saturated carbocycles. The van der Waals surface area contributed by atoms with Gasteiger partial charge in [0.15, 0.2) is 0 Å². The molecule has 2 heterocycles. The molecule has 0 spiro atoms. The van der Waals surface area contributed by atoms with Crippen molar-refractivity contribution in [1.29, 1.82) is 0 Å². The zero-order valence-electron chi connectivity index (χ0n) is 12.0. The first kappa shape index (κ1) is 13.3. The Balaban J connectivity index is 1.87. The van der Waals surface area contributed by atoms with Crippen LogP contribution in [0.25, 0.3) is 22.4 Å². The molecule has 0 atom stereocenters. The first-order chi connectivity index (χ1) is 11.3. The molecule has 6 heteroatoms. The number of anilines is 2. The summed E-state index contributed by atoms with van der Waals surface area (Å²) >= 11 is 0. The fraction of sp³-hybridized carbons (Fsp3) is 0. The van der Waals surface area contributed by atoms with Crippen LogP contribution in [0.15, 0.2) is 65.4 Å². The van der Waals surface area contributed by atoms with Gasteiger partial charge in [-0.25, -0.2) is 4.98 Å². The van der Waals surface area contributed by atoms with Crippen LogP contribution in [0.4, 0.5) is 11.5 Å². The minimum absolute atomic E-state index is 0.136. The Hall–Kier alpha value is -3.41. The molecule has 0 aliphatic rings. The summed E-state index contributed by atoms with van der Waals surface area (Å²) in [5, 5.41) is 17.8. The number of fused-ring (bicyclic) bond motifs is 1. The number of benzene rings is 2. The number of hydrogen-bond donors (Lipinski definition) is 2. The van der Waals surface area contributed by atoms with E-state index in [0.29, 0.717) is 28.3 Å². The van der Waals surface area contributed by atoms with Crippen LogP contribution in [0.3, 0.4) is 0 Å². The van der Waals surface area contributed by atoms with E-state index in [-0.39, 0.29) is 5.75 Å². The van der Waals surface area contributed by atoms with Gasteiger partial charge in [-0.05, 0) is 12.1 Å². The standard InChI is InChI=1S/C17H12N4O2/c22-13-9-5-4-8-12(13)20-16-14-15(11-6-2-1-3-7-11)21-23-17(14)19-10-18-16/h1-10,22H,(H,18,19,20). The van der Waals surface area contributed by atoms with Crippen molar-refractivity contribution in [3.05, 3.63) is 60.9 Å². The van der Waals surface area contributed by atoms with Crippen molar-refractivity contribution in [3.63, 3.8) is 0 Å². The highest BCUT2D eigenvalue weighted by Gasteiger charge is 2.17. The predicted molar refractivity (Wildman–Crippen MR) is 86.4 cm³/mol. The van der Waals surface area contributed by atoms with E-state index in [0.717, 1.165) is 5.56 Å². The van der Waals surface area contributed by atoms with E-state index < -0.39 is 0 Å². The molecule has 2 N–H and O–H groups in total. The number of nitrogens with one attached hydrogen (secondary N) is 1. The van der Waals surface area contributed by atoms with E-state index in [4.69, 9.17) is 4.52 Å². The highest BCUT2D eigenvalue weighted by molar-refractivity contribution is 5.98. The third kappa shape index (κ3) is 2.36. The molecule has 0 bridgehead atoms. The minimum Gasteiger partial charge on any atom is -0.506 e. The lowest BCUT2D eigenvalue weighted by Crippen LogP contribution is -1.96. The second-order valence-corrected chi connectivity index (χ2v) is 4.94. The first-order valence-electron chi connectivity index (χ1n) is 7.04. The highest BCUT2D eigenvalue weighted by Crippen LogP contribution is 2.34. The van der Waals surface area contributed by atoms with Gasteiger partial charge in [0.1, 0.15) is 29.0 Å². The number of rotatable bonds is 3. The normalized spacial score (nSPS) is 10.8. The van der Waals surface area contributed by atoms with Gasteiger partial charge in [0.25, 0.3) is 5.71 Å². The number of phenolic OH excluding ortho intramolecular Hbond substituents is 1. The van der Waals surface area contributed by atoms with Crippen molar-refractivity contribution < 1.29 is 9.63 Å². The van der Waals surface area contributed by atoms with Gasteiger partial charge in [-0.3, -0.25) is 0 Å². The van der Waals surface area contributed by atoms with E-state index in [2.05, 4.69) is 20.4 Å². The van der Waals surface area contributed by atoms with Crippen LogP contribution in [0.1, 0.15) is 0 Å². The minimum atomic E-state index is 0.136. The van der Waals surface area contributed by atoms with Gasteiger partial charge in [0, 0.05) is 5.56 Å². The van der Waals surface area contributed by atoms with E-state index in [1.807, 2.05) is 36.4 Å². The number of aromatic hydroxyl groups is 1. The maximum absolute atomic E-state index is 9.94. The van der Waals surface area contributed by atoms with Crippen LogP contribution in [0.5, 0.6) is 5.75 Å². The molecule has 112 valence electrons. The fourth-order valence-electron chi connectivity index (χ4n) is 2.38. The van der Waals surface area contributed by atoms with Crippen LogP contribution in [-0.4, -0.2) is 20.2 Å². The largest absolute Gasteiger partial charge is 0.506 e. The van der Waals surface area contributed by atoms with Gasteiger partial charge in [-0.15, -0.1) is 0 Å². The zero-order chi connectivity index (χ0) is 15.6. The van der Waals surface area contributed by atoms with Crippen LogP contribution < -0.4 is 5.32 Å². The molecule has 2 aromatic heterocycles. The molecule has 6 nitrogen and oxygen atoms in total. The maximum atomic E-state index is 9.94. The first-order valence-corrected chi connectivity index (χ1v) is 7.04. The number of nitrogens with zero attached hydrogens (tertiary/aromatic N) is 3. The molecular formula is C17H12N4O2. The monoisotopic (exact) mass is 304 g/mol. The van der Waals surface area contributed by atoms with Crippen LogP contribution in [0.2, 0.25) is 0 Å². The summed E-state index contributed by atoms with van der Waals surface area (Å²) in [6.07, 6.45) is 1.39. The highest BCUT2D eigenvalue weighted by atomic mass is 16.5. The van der Waals surface area contributed by atoms with E-state index in [1.54, 1.807) is 18.2 Å². The Morgan fingerprint density at radius 2 is 1.70 bits per heavy atom. The van der Waals surface area contributed by atoms with Crippen molar-refractivity contribution in [2.75, 3.05) is 5.32 Å². The number of hydrogen-bond acceptors (Lipinski definition) is 6. The second-order valence-electron chi connectivity index (χ2n) is 4.94. The summed E-state index contributed by atoms with van der Waals surface area (Å²) in [6.45, 7) is 0. The fourth-order valence-corrected chi connectivity index (χ4v) is 2.38. The van der Waals surface area contributed by atoms with Crippen molar-refractivity contribution in [3.8, 4) is 17.0 Å². The van der Waals surface area contributed by atoms with Crippen molar-refractivity contribution in [1.82, 2.24) is 15.1 Å². The topological polar surface area (TPSA) is 84.1 Å². The summed E-state index contributed by atoms with van der Waals surface area (Å²) in [7, 11) is 0. The van der Waals surface area contributed by atoms with E-state index in [9.17, 15) is 5.11 Å². The molecule has 0 saturated heterocycles. The quantitative estimate of drug-likeness (QED) is 0.561. The van der Waals surface area contributed by atoms with Gasteiger partial charge < -0.3 is 14.9 Å². The van der Waals surface area contributed by atoms with Gasteiger partial charge in [0.05, 0.1) is 5.69 Å². The lowest BCUT2D eigenvalue weighted by Gasteiger charge is -2.08. The number of aromatic nitrogens is 3. The van der Waals surface area contributed by atoms with Gasteiger partial charge in [0.2, 0.25) is 0 Å². The van der Waals surface area contributed by atoms with Crippen molar-refractivity contribution in [2.45, 2.75) is 0 Å². The lowest BCUT2D eigenvalue weighted by atomic mass is 10.1. The second kappa shape index (κ2) is 5.42. The number of para-hydroxylation sites is 2. The molecule has 0 amide bonds. The summed E-state index contributed by atoms with van der Waals surface area (Å²) < 4.78 is 5.31. The Morgan fingerprint density at radius 1 is 0.913 bits per heavy atom. The maximum Gasteiger partial charge on any atom is 0.263 e. The molecule has 2 aromatic carbocycles. The third-order valence-corrected chi connectivity index (χ3v) is 3.48. The molecular weight excluding hydrogens is 292 g/mol. The Morgan fingerprint density at radius 3 is 2.52 bits per heavy atom. The molecule has 0 aliphatic carbocycles. The van der Waals surface area contributed by atoms with Gasteiger partial charge in [-0.1, -0.05) is 47.6 Å². The Labute approximate surface area is 131 Å². The van der Waals surface area contributed by atoms with Crippen LogP contribution in [-0.2, 0) is 0 Å². The summed E-state index contributed by atoms with van der Waals surface area (Å²) in [6, 6.07) is 16.6. The van der Waals surface area contributed by atoms with Crippen LogP contribution in [0, 0.1) is 0 Å². The Kier molecular flexibility index (Phi) is 3.12. The molecule has 0 fully saturated rings. The summed E-state index contributed by atoms with van der Waals surface area (Å²) in [5.74, 6) is 0.661. The van der Waals surface area contributed by atoms with E-state index >= 15 is 0 Å². The SMILES string of the molecule is Oc1ccccc1Nc1ncnc2onc(-c3ccccc3)c12. The lowest BCUT2D eigenvalue weighted by molar-refractivity contribution is 0.451. The molecule has 0 unspecified atom stereocenters. The van der Waals surface area contributed by atoms with Gasteiger partial charge in [-0.2, -0.15) is 4.98 Å². The third-order valence-electron chi connectivity index (χ3n) is 3.48. The molecule has 23 heavy (non-hydrogen) atoms. The predicted octanol–water partition coefficient (Wildman–Crippen LogP) is 3.73. The summed E-state index contributed by atoms with van der Waals surface area (Å²) in [5.41, 5.74) is 2.49. The average molecular weight is 304 g/mol. The van der Waals surface area contributed by atoms with Crippen molar-refractivity contribution in [2.24, 2.45) is 0 Å². The average Bonchev–Trinajstić information content (AvgIpc) is 3.03. The summed E-state index contributed by atoms with van der Waals surface area (Å²) in [4.78, 5) is 8.38. The van der Waals surface area contributed by atoms with E-state index in [1.165, 1.54) is 6.33 Å². The Bertz CT molecular complexity index is 967.